The first-order valence-corrected chi connectivity index (χ1v) is 6.72. The van der Waals surface area contributed by atoms with Gasteiger partial charge in [0.2, 0.25) is 0 Å². The van der Waals surface area contributed by atoms with Gasteiger partial charge in [0.15, 0.2) is 0 Å². The maximum atomic E-state index is 11.3. The predicted octanol–water partition coefficient (Wildman–Crippen LogP) is 1.62. The summed E-state index contributed by atoms with van der Waals surface area (Å²) in [5.74, 6) is 0.474. The lowest BCUT2D eigenvalue weighted by molar-refractivity contribution is -0.384. The van der Waals surface area contributed by atoms with Gasteiger partial charge in [-0.15, -0.1) is 0 Å². The normalized spacial score (nSPS) is 20.6. The van der Waals surface area contributed by atoms with Crippen LogP contribution in [0.4, 0.5) is 11.4 Å². The van der Waals surface area contributed by atoms with Gasteiger partial charge in [0.05, 0.1) is 4.92 Å². The average molecular weight is 262 g/mol. The van der Waals surface area contributed by atoms with Crippen LogP contribution >= 0.6 is 0 Å². The zero-order valence-electron chi connectivity index (χ0n) is 11.1. The van der Waals surface area contributed by atoms with Crippen molar-refractivity contribution in [2.45, 2.75) is 18.8 Å². The Hall–Kier alpha value is -1.69. The summed E-state index contributed by atoms with van der Waals surface area (Å²) in [6.45, 7) is 3.59. The van der Waals surface area contributed by atoms with Crippen molar-refractivity contribution in [1.82, 2.24) is 9.88 Å². The molecule has 19 heavy (non-hydrogen) atoms. The summed E-state index contributed by atoms with van der Waals surface area (Å²) >= 11 is 0. The van der Waals surface area contributed by atoms with E-state index in [1.807, 2.05) is 6.20 Å². The summed E-state index contributed by atoms with van der Waals surface area (Å²) in [7, 11) is 2.08. The molecule has 1 saturated heterocycles. The van der Waals surface area contributed by atoms with Crippen molar-refractivity contribution in [1.29, 1.82) is 0 Å². The molecule has 1 aliphatic heterocycles. The van der Waals surface area contributed by atoms with Gasteiger partial charge in [0.1, 0.15) is 11.9 Å². The van der Waals surface area contributed by atoms with Crippen LogP contribution in [-0.2, 0) is 0 Å². The topological polar surface area (TPSA) is 62.5 Å². The van der Waals surface area contributed by atoms with Crippen LogP contribution in [-0.4, -0.2) is 48.0 Å². The van der Waals surface area contributed by atoms with E-state index in [9.17, 15) is 10.1 Å². The van der Waals surface area contributed by atoms with E-state index in [0.29, 0.717) is 5.92 Å². The fraction of sp³-hybridized carbons (Fsp3) is 0.615. The van der Waals surface area contributed by atoms with E-state index in [0.717, 1.165) is 50.3 Å². The summed E-state index contributed by atoms with van der Waals surface area (Å²) in [4.78, 5) is 19.4. The lowest BCUT2D eigenvalue weighted by atomic mass is 10.1. The Labute approximate surface area is 112 Å². The van der Waals surface area contributed by atoms with Gasteiger partial charge in [0.25, 0.3) is 0 Å². The Balaban J connectivity index is 1.99. The number of hydrogen-bond donors (Lipinski definition) is 0. The molecule has 1 aromatic rings. The van der Waals surface area contributed by atoms with Crippen LogP contribution in [0.2, 0.25) is 0 Å². The number of hydrogen-bond acceptors (Lipinski definition) is 5. The molecule has 0 aromatic carbocycles. The Morgan fingerprint density at radius 1 is 1.26 bits per heavy atom. The predicted molar refractivity (Wildman–Crippen MR) is 72.6 cm³/mol. The van der Waals surface area contributed by atoms with Crippen molar-refractivity contribution < 1.29 is 4.92 Å². The number of piperazine rings is 1. The van der Waals surface area contributed by atoms with Crippen molar-refractivity contribution >= 4 is 11.4 Å². The second-order valence-corrected chi connectivity index (χ2v) is 5.42. The number of aromatic nitrogens is 1. The molecule has 0 N–H and O–H groups in total. The number of nitro groups is 1. The summed E-state index contributed by atoms with van der Waals surface area (Å²) in [5.41, 5.74) is 2.04. The molecule has 0 atom stereocenters. The maximum absolute atomic E-state index is 11.3. The molecule has 0 spiro atoms. The molecule has 6 nitrogen and oxygen atoms in total. The van der Waals surface area contributed by atoms with Gasteiger partial charge in [-0.05, 0) is 25.8 Å². The summed E-state index contributed by atoms with van der Waals surface area (Å²) < 4.78 is 0. The Bertz CT molecular complexity index is 493. The molecule has 0 unspecified atom stereocenters. The van der Waals surface area contributed by atoms with Gasteiger partial charge in [-0.25, -0.2) is 0 Å². The van der Waals surface area contributed by atoms with Crippen molar-refractivity contribution in [2.75, 3.05) is 38.1 Å². The zero-order chi connectivity index (χ0) is 13.4. The fourth-order valence-electron chi connectivity index (χ4n) is 2.66. The van der Waals surface area contributed by atoms with Crippen LogP contribution in [0, 0.1) is 10.1 Å². The highest BCUT2D eigenvalue weighted by Crippen LogP contribution is 2.46. The Kier molecular flexibility index (Phi) is 3.10. The monoisotopic (exact) mass is 262 g/mol. The van der Waals surface area contributed by atoms with E-state index in [2.05, 4.69) is 21.8 Å². The molecule has 2 fully saturated rings. The molecule has 1 aliphatic carbocycles. The van der Waals surface area contributed by atoms with Crippen LogP contribution < -0.4 is 4.90 Å². The zero-order valence-corrected chi connectivity index (χ0v) is 11.1. The van der Waals surface area contributed by atoms with Gasteiger partial charge < -0.3 is 9.80 Å². The third-order valence-electron chi connectivity index (χ3n) is 3.96. The molecule has 0 amide bonds. The minimum atomic E-state index is -0.299. The molecule has 1 aromatic heterocycles. The standard InChI is InChI=1S/C13H18N4O2/c1-15-4-6-16(7-5-15)13-11(10-2-3-10)8-14-9-12(13)17(18)19/h8-10H,2-7H2,1H3. The molecule has 0 bridgehead atoms. The molecule has 2 heterocycles. The first kappa shape index (κ1) is 12.3. The van der Waals surface area contributed by atoms with Gasteiger partial charge in [-0.3, -0.25) is 15.1 Å². The highest BCUT2D eigenvalue weighted by molar-refractivity contribution is 5.68. The Morgan fingerprint density at radius 2 is 1.95 bits per heavy atom. The SMILES string of the molecule is CN1CCN(c2c(C3CC3)cncc2[N+](=O)[O-])CC1. The highest BCUT2D eigenvalue weighted by atomic mass is 16.6. The van der Waals surface area contributed by atoms with E-state index in [4.69, 9.17) is 0 Å². The minimum Gasteiger partial charge on any atom is -0.363 e. The fourth-order valence-corrected chi connectivity index (χ4v) is 2.66. The van der Waals surface area contributed by atoms with E-state index >= 15 is 0 Å². The van der Waals surface area contributed by atoms with Gasteiger partial charge in [-0.1, -0.05) is 0 Å². The van der Waals surface area contributed by atoms with Crippen molar-refractivity contribution in [3.63, 3.8) is 0 Å². The third-order valence-corrected chi connectivity index (χ3v) is 3.96. The van der Waals surface area contributed by atoms with Crippen LogP contribution in [0.5, 0.6) is 0 Å². The van der Waals surface area contributed by atoms with Crippen molar-refractivity contribution in [3.05, 3.63) is 28.1 Å². The lowest BCUT2D eigenvalue weighted by Gasteiger charge is -2.34. The second kappa shape index (κ2) is 4.77. The maximum Gasteiger partial charge on any atom is 0.310 e. The highest BCUT2D eigenvalue weighted by Gasteiger charge is 2.33. The van der Waals surface area contributed by atoms with Gasteiger partial charge in [0, 0.05) is 37.9 Å². The van der Waals surface area contributed by atoms with Crippen LogP contribution in [0.3, 0.4) is 0 Å². The molecule has 2 aliphatic rings. The first-order chi connectivity index (χ1) is 9.16. The molecule has 102 valence electrons. The molecule has 3 rings (SSSR count). The van der Waals surface area contributed by atoms with Crippen LogP contribution in [0.15, 0.2) is 12.4 Å². The molecule has 6 heteroatoms. The summed E-state index contributed by atoms with van der Waals surface area (Å²) in [6.07, 6.45) is 5.46. The second-order valence-electron chi connectivity index (χ2n) is 5.42. The number of rotatable bonds is 3. The number of anilines is 1. The van der Waals surface area contributed by atoms with Crippen LogP contribution in [0.25, 0.3) is 0 Å². The van der Waals surface area contributed by atoms with E-state index in [-0.39, 0.29) is 10.6 Å². The van der Waals surface area contributed by atoms with E-state index in [1.54, 1.807) is 0 Å². The van der Waals surface area contributed by atoms with Crippen LogP contribution in [0.1, 0.15) is 24.3 Å². The molecular formula is C13H18N4O2. The summed E-state index contributed by atoms with van der Waals surface area (Å²) in [6, 6.07) is 0. The molecular weight excluding hydrogens is 244 g/mol. The van der Waals surface area contributed by atoms with Crippen molar-refractivity contribution in [2.24, 2.45) is 0 Å². The quantitative estimate of drug-likeness (QED) is 0.612. The van der Waals surface area contributed by atoms with E-state index in [1.165, 1.54) is 6.20 Å². The van der Waals surface area contributed by atoms with E-state index < -0.39 is 0 Å². The molecule has 0 radical (unpaired) electrons. The third kappa shape index (κ3) is 2.40. The first-order valence-electron chi connectivity index (χ1n) is 6.72. The minimum absolute atomic E-state index is 0.161. The summed E-state index contributed by atoms with van der Waals surface area (Å²) in [5, 5.41) is 11.3. The lowest BCUT2D eigenvalue weighted by Crippen LogP contribution is -2.45. The van der Waals surface area contributed by atoms with Gasteiger partial charge in [-0.2, -0.15) is 0 Å². The Morgan fingerprint density at radius 3 is 2.53 bits per heavy atom. The van der Waals surface area contributed by atoms with Gasteiger partial charge >= 0.3 is 5.69 Å². The molecule has 1 saturated carbocycles. The number of pyridine rings is 1. The number of nitrogens with zero attached hydrogens (tertiary/aromatic N) is 4. The largest absolute Gasteiger partial charge is 0.363 e. The average Bonchev–Trinajstić information content (AvgIpc) is 3.23. The van der Waals surface area contributed by atoms with Crippen molar-refractivity contribution in [3.8, 4) is 0 Å². The smallest absolute Gasteiger partial charge is 0.310 e. The number of likely N-dealkylation sites (N-methyl/N-ethyl adjacent to an activating group) is 1.